The number of anilines is 2. The molecule has 156 valence electrons. The maximum Gasteiger partial charge on any atom is 0.218 e. The van der Waals surface area contributed by atoms with E-state index in [-0.39, 0.29) is 5.75 Å². The van der Waals surface area contributed by atoms with Gasteiger partial charge in [-0.05, 0) is 12.5 Å². The van der Waals surface area contributed by atoms with E-state index in [9.17, 15) is 8.42 Å². The molecule has 0 N–H and O–H groups in total. The van der Waals surface area contributed by atoms with Crippen LogP contribution >= 0.6 is 0 Å². The molecule has 0 saturated carbocycles. The smallest absolute Gasteiger partial charge is 0.218 e. The summed E-state index contributed by atoms with van der Waals surface area (Å²) >= 11 is 0. The summed E-state index contributed by atoms with van der Waals surface area (Å²) in [7, 11) is -3.33. The number of nitrogens with zero attached hydrogens (tertiary/aromatic N) is 5. The van der Waals surface area contributed by atoms with Crippen LogP contribution in [0.4, 0.5) is 11.6 Å². The molecule has 0 bridgehead atoms. The minimum Gasteiger partial charge on any atom is -0.378 e. The van der Waals surface area contributed by atoms with Gasteiger partial charge in [-0.3, -0.25) is 0 Å². The Balaban J connectivity index is 1.38. The molecule has 0 aliphatic carbocycles. The molecule has 0 unspecified atom stereocenters. The summed E-state index contributed by atoms with van der Waals surface area (Å²) < 4.78 is 32.6. The van der Waals surface area contributed by atoms with Crippen LogP contribution in [0.1, 0.15) is 11.1 Å². The zero-order valence-electron chi connectivity index (χ0n) is 16.7. The second-order valence-corrected chi connectivity index (χ2v) is 9.43. The molecule has 3 heterocycles. The summed E-state index contributed by atoms with van der Waals surface area (Å²) in [6, 6.07) is 9.66. The monoisotopic (exact) mass is 417 g/mol. The number of piperazine rings is 1. The first-order valence-corrected chi connectivity index (χ1v) is 11.6. The average molecular weight is 418 g/mol. The van der Waals surface area contributed by atoms with Gasteiger partial charge in [0.15, 0.2) is 0 Å². The van der Waals surface area contributed by atoms with Crippen molar-refractivity contribution in [1.82, 2.24) is 14.3 Å². The third-order valence-electron chi connectivity index (χ3n) is 5.40. The van der Waals surface area contributed by atoms with Crippen LogP contribution in [0.25, 0.3) is 0 Å². The van der Waals surface area contributed by atoms with Crippen molar-refractivity contribution in [3.05, 3.63) is 47.8 Å². The van der Waals surface area contributed by atoms with Gasteiger partial charge in [-0.15, -0.1) is 0 Å². The third kappa shape index (κ3) is 4.85. The predicted molar refractivity (Wildman–Crippen MR) is 113 cm³/mol. The highest BCUT2D eigenvalue weighted by Gasteiger charge is 2.28. The summed E-state index contributed by atoms with van der Waals surface area (Å²) in [5, 5.41) is 0. The van der Waals surface area contributed by atoms with Gasteiger partial charge in [0.2, 0.25) is 10.0 Å². The summed E-state index contributed by atoms with van der Waals surface area (Å²) in [6.45, 7) is 7.21. The number of ether oxygens (including phenoxy) is 1. The molecule has 0 radical (unpaired) electrons. The minimum atomic E-state index is -3.33. The summed E-state index contributed by atoms with van der Waals surface area (Å²) in [6.07, 6.45) is 1.58. The number of rotatable bonds is 5. The zero-order valence-corrected chi connectivity index (χ0v) is 17.5. The molecule has 8 nitrogen and oxygen atoms in total. The van der Waals surface area contributed by atoms with Crippen molar-refractivity contribution in [3.63, 3.8) is 0 Å². The Morgan fingerprint density at radius 2 is 1.48 bits per heavy atom. The van der Waals surface area contributed by atoms with Crippen LogP contribution in [-0.4, -0.2) is 75.2 Å². The first kappa shape index (κ1) is 20.1. The van der Waals surface area contributed by atoms with Crippen molar-refractivity contribution in [1.29, 1.82) is 0 Å². The largest absolute Gasteiger partial charge is 0.378 e. The Bertz CT molecular complexity index is 921. The van der Waals surface area contributed by atoms with Gasteiger partial charge < -0.3 is 14.5 Å². The molecule has 4 rings (SSSR count). The van der Waals surface area contributed by atoms with Gasteiger partial charge in [-0.25, -0.2) is 18.4 Å². The van der Waals surface area contributed by atoms with E-state index in [0.29, 0.717) is 39.4 Å². The second-order valence-electron chi connectivity index (χ2n) is 7.46. The Morgan fingerprint density at radius 1 is 0.897 bits per heavy atom. The lowest BCUT2D eigenvalue weighted by Crippen LogP contribution is -2.49. The van der Waals surface area contributed by atoms with Crippen molar-refractivity contribution >= 4 is 21.7 Å². The van der Waals surface area contributed by atoms with E-state index in [2.05, 4.69) is 19.8 Å². The molecule has 2 aliphatic rings. The minimum absolute atomic E-state index is 0.0436. The molecule has 2 saturated heterocycles. The lowest BCUT2D eigenvalue weighted by Gasteiger charge is -2.35. The van der Waals surface area contributed by atoms with Crippen molar-refractivity contribution in [2.24, 2.45) is 0 Å². The summed E-state index contributed by atoms with van der Waals surface area (Å²) in [4.78, 5) is 13.1. The third-order valence-corrected chi connectivity index (χ3v) is 7.25. The van der Waals surface area contributed by atoms with E-state index in [0.717, 1.165) is 35.9 Å². The summed E-state index contributed by atoms with van der Waals surface area (Å²) in [5.41, 5.74) is 1.95. The first-order chi connectivity index (χ1) is 14.0. The molecule has 0 atom stereocenters. The van der Waals surface area contributed by atoms with Crippen molar-refractivity contribution < 1.29 is 13.2 Å². The maximum atomic E-state index is 12.8. The first-order valence-electron chi connectivity index (χ1n) is 9.94. The number of sulfonamides is 1. The molecule has 0 spiro atoms. The van der Waals surface area contributed by atoms with Gasteiger partial charge in [0.25, 0.3) is 0 Å². The van der Waals surface area contributed by atoms with Crippen LogP contribution in [0.3, 0.4) is 0 Å². The highest BCUT2D eigenvalue weighted by molar-refractivity contribution is 7.88. The highest BCUT2D eigenvalue weighted by Crippen LogP contribution is 2.21. The van der Waals surface area contributed by atoms with E-state index in [1.165, 1.54) is 0 Å². The number of benzene rings is 1. The standard InChI is InChI=1S/C20H27N5O3S/c1-17-2-4-18(5-3-17)15-29(26,27)25-8-6-23(7-9-25)19-14-20(22-16-21-19)24-10-12-28-13-11-24/h2-5,14,16H,6-13,15H2,1H3. The highest BCUT2D eigenvalue weighted by atomic mass is 32.2. The molecular weight excluding hydrogens is 390 g/mol. The van der Waals surface area contributed by atoms with Gasteiger partial charge in [-0.1, -0.05) is 29.8 Å². The molecular formula is C20H27N5O3S. The molecule has 1 aromatic heterocycles. The topological polar surface area (TPSA) is 78.9 Å². The van der Waals surface area contributed by atoms with Crippen molar-refractivity contribution in [3.8, 4) is 0 Å². The summed E-state index contributed by atoms with van der Waals surface area (Å²) in [5.74, 6) is 1.78. The molecule has 2 aliphatic heterocycles. The molecule has 2 fully saturated rings. The van der Waals surface area contributed by atoms with E-state index >= 15 is 0 Å². The van der Waals surface area contributed by atoms with Crippen LogP contribution in [0, 0.1) is 6.92 Å². The van der Waals surface area contributed by atoms with Gasteiger partial charge in [0.05, 0.1) is 19.0 Å². The van der Waals surface area contributed by atoms with Crippen LogP contribution in [0.15, 0.2) is 36.7 Å². The molecule has 9 heteroatoms. The lowest BCUT2D eigenvalue weighted by molar-refractivity contribution is 0.122. The fraction of sp³-hybridized carbons (Fsp3) is 0.500. The molecule has 1 aromatic carbocycles. The normalized spacial score (nSPS) is 18.8. The van der Waals surface area contributed by atoms with Gasteiger partial charge in [-0.2, -0.15) is 4.31 Å². The quantitative estimate of drug-likeness (QED) is 0.725. The fourth-order valence-corrected chi connectivity index (χ4v) is 5.17. The lowest BCUT2D eigenvalue weighted by atomic mass is 10.2. The van der Waals surface area contributed by atoms with Crippen molar-refractivity contribution in [2.75, 3.05) is 62.3 Å². The van der Waals surface area contributed by atoms with E-state index in [1.54, 1.807) is 10.6 Å². The number of hydrogen-bond donors (Lipinski definition) is 0. The van der Waals surface area contributed by atoms with Gasteiger partial charge in [0.1, 0.15) is 18.0 Å². The van der Waals surface area contributed by atoms with Gasteiger partial charge in [0, 0.05) is 45.3 Å². The molecule has 0 amide bonds. The van der Waals surface area contributed by atoms with Crippen LogP contribution < -0.4 is 9.80 Å². The fourth-order valence-electron chi connectivity index (χ4n) is 3.66. The molecule has 2 aromatic rings. The molecule has 29 heavy (non-hydrogen) atoms. The Labute approximate surface area is 172 Å². The Hall–Kier alpha value is -2.23. The van der Waals surface area contributed by atoms with E-state index in [1.807, 2.05) is 37.3 Å². The van der Waals surface area contributed by atoms with Crippen molar-refractivity contribution in [2.45, 2.75) is 12.7 Å². The zero-order chi connectivity index (χ0) is 20.3. The van der Waals surface area contributed by atoms with Crippen LogP contribution in [-0.2, 0) is 20.5 Å². The second kappa shape index (κ2) is 8.64. The number of hydrogen-bond acceptors (Lipinski definition) is 7. The number of morpholine rings is 1. The SMILES string of the molecule is Cc1ccc(CS(=O)(=O)N2CCN(c3cc(N4CCOCC4)ncn3)CC2)cc1. The Morgan fingerprint density at radius 3 is 2.10 bits per heavy atom. The van der Waals surface area contributed by atoms with E-state index < -0.39 is 10.0 Å². The number of aromatic nitrogens is 2. The van der Waals surface area contributed by atoms with Crippen LogP contribution in [0.5, 0.6) is 0 Å². The number of aryl methyl sites for hydroxylation is 1. The van der Waals surface area contributed by atoms with Crippen LogP contribution in [0.2, 0.25) is 0 Å². The maximum absolute atomic E-state index is 12.8. The Kier molecular flexibility index (Phi) is 5.98. The predicted octanol–water partition coefficient (Wildman–Crippen LogP) is 1.27. The van der Waals surface area contributed by atoms with Gasteiger partial charge >= 0.3 is 0 Å². The average Bonchev–Trinajstić information content (AvgIpc) is 2.76. The van der Waals surface area contributed by atoms with E-state index in [4.69, 9.17) is 4.74 Å².